The summed E-state index contributed by atoms with van der Waals surface area (Å²) >= 11 is 5.28. The Morgan fingerprint density at radius 3 is 1.67 bits per heavy atom. The van der Waals surface area contributed by atoms with E-state index in [-0.39, 0.29) is 10.6 Å². The topological polar surface area (TPSA) is 46.4 Å². The molecule has 0 spiro atoms. The molecule has 0 amide bonds. The number of rotatable bonds is 8. The highest BCUT2D eigenvalue weighted by Crippen LogP contribution is 2.38. The van der Waals surface area contributed by atoms with Crippen LogP contribution in [0.3, 0.4) is 0 Å². The molecule has 0 atom stereocenters. The van der Waals surface area contributed by atoms with E-state index in [2.05, 4.69) is 65.6 Å². The molecular weight excluding hydrogens is 468 g/mol. The number of nitro benzene ring substituents is 1. The van der Waals surface area contributed by atoms with E-state index in [9.17, 15) is 10.1 Å². The lowest BCUT2D eigenvalue weighted by Gasteiger charge is -2.11. The van der Waals surface area contributed by atoms with Crippen LogP contribution >= 0.6 is 34.4 Å². The first kappa shape index (κ1) is 23.0. The van der Waals surface area contributed by atoms with Crippen molar-refractivity contribution < 1.29 is 4.92 Å². The molecule has 0 aliphatic rings. The summed E-state index contributed by atoms with van der Waals surface area (Å²) in [6.07, 6.45) is 8.32. The van der Waals surface area contributed by atoms with Gasteiger partial charge in [0.15, 0.2) is 0 Å². The highest BCUT2D eigenvalue weighted by Gasteiger charge is 2.05. The Labute approximate surface area is 205 Å². The molecule has 166 valence electrons. The van der Waals surface area contributed by atoms with Gasteiger partial charge in [-0.25, -0.2) is 0 Å². The predicted molar refractivity (Wildman–Crippen MR) is 144 cm³/mol. The minimum atomic E-state index is -0.384. The quantitative estimate of drug-likeness (QED) is 0.184. The third kappa shape index (κ3) is 6.44. The molecule has 33 heavy (non-hydrogen) atoms. The molecule has 4 nitrogen and oxygen atoms in total. The van der Waals surface area contributed by atoms with Gasteiger partial charge in [-0.15, -0.1) is 22.7 Å². The summed E-state index contributed by atoms with van der Waals surface area (Å²) in [5, 5.41) is 10.8. The van der Waals surface area contributed by atoms with Crippen LogP contribution in [0.15, 0.2) is 81.2 Å². The van der Waals surface area contributed by atoms with Crippen molar-refractivity contribution in [2.24, 2.45) is 0 Å². The standard InChI is InChI=1S/C26H22N2O2S3/c1-27(2)21-9-3-19(4-10-21)7-13-23-15-17-25(31-23)33-26-18-16-24(32-26)14-8-20-5-11-22(12-6-20)28(29)30/h3-18H,1-2H3/b13-7+,14-8+. The molecule has 4 aromatic rings. The molecule has 0 fully saturated rings. The molecule has 0 aliphatic carbocycles. The fraction of sp³-hybridized carbons (Fsp3) is 0.0769. The van der Waals surface area contributed by atoms with Gasteiger partial charge in [0, 0.05) is 41.7 Å². The Morgan fingerprint density at radius 1 is 0.727 bits per heavy atom. The first-order valence-electron chi connectivity index (χ1n) is 10.2. The zero-order valence-electron chi connectivity index (χ0n) is 18.2. The molecule has 0 aliphatic heterocycles. The Morgan fingerprint density at radius 2 is 1.21 bits per heavy atom. The average molecular weight is 491 g/mol. The minimum absolute atomic E-state index is 0.106. The zero-order valence-corrected chi connectivity index (χ0v) is 20.6. The number of non-ortho nitro benzene ring substituents is 1. The minimum Gasteiger partial charge on any atom is -0.378 e. The second-order valence-electron chi connectivity index (χ2n) is 7.42. The van der Waals surface area contributed by atoms with E-state index in [1.165, 1.54) is 36.7 Å². The molecule has 0 bridgehead atoms. The van der Waals surface area contributed by atoms with Gasteiger partial charge in [0.1, 0.15) is 0 Å². The van der Waals surface area contributed by atoms with Gasteiger partial charge in [-0.3, -0.25) is 10.1 Å². The van der Waals surface area contributed by atoms with Gasteiger partial charge in [0.2, 0.25) is 0 Å². The number of benzene rings is 2. The maximum atomic E-state index is 10.8. The average Bonchev–Trinajstić information content (AvgIpc) is 3.46. The molecule has 0 unspecified atom stereocenters. The zero-order chi connectivity index (χ0) is 23.2. The van der Waals surface area contributed by atoms with E-state index in [0.717, 1.165) is 10.4 Å². The normalized spacial score (nSPS) is 11.5. The Balaban J connectivity index is 1.35. The van der Waals surface area contributed by atoms with Crippen molar-refractivity contribution in [1.82, 2.24) is 0 Å². The fourth-order valence-corrected chi connectivity index (χ4v) is 6.36. The Kier molecular flexibility index (Phi) is 7.44. The summed E-state index contributed by atoms with van der Waals surface area (Å²) in [7, 11) is 4.09. The summed E-state index contributed by atoms with van der Waals surface area (Å²) < 4.78 is 2.49. The van der Waals surface area contributed by atoms with Crippen molar-refractivity contribution in [1.29, 1.82) is 0 Å². The van der Waals surface area contributed by atoms with Crippen molar-refractivity contribution >= 4 is 70.1 Å². The van der Waals surface area contributed by atoms with E-state index in [4.69, 9.17) is 0 Å². The molecule has 7 heteroatoms. The third-order valence-corrected chi connectivity index (χ3v) is 8.16. The Hall–Kier alpha value is -3.13. The molecule has 0 saturated heterocycles. The van der Waals surface area contributed by atoms with Gasteiger partial charge in [0.05, 0.1) is 13.3 Å². The number of anilines is 1. The second kappa shape index (κ2) is 10.7. The lowest BCUT2D eigenvalue weighted by Crippen LogP contribution is -2.07. The lowest BCUT2D eigenvalue weighted by atomic mass is 10.2. The van der Waals surface area contributed by atoms with Crippen molar-refractivity contribution in [2.45, 2.75) is 8.42 Å². The van der Waals surface area contributed by atoms with Crippen molar-refractivity contribution in [3.63, 3.8) is 0 Å². The highest BCUT2D eigenvalue weighted by molar-refractivity contribution is 8.02. The number of hydrogen-bond donors (Lipinski definition) is 0. The van der Waals surface area contributed by atoms with Crippen LogP contribution in [0.2, 0.25) is 0 Å². The molecule has 0 radical (unpaired) electrons. The number of hydrogen-bond acceptors (Lipinski definition) is 6. The van der Waals surface area contributed by atoms with Crippen LogP contribution in [0.4, 0.5) is 11.4 Å². The molecule has 2 aromatic heterocycles. The van der Waals surface area contributed by atoms with Gasteiger partial charge in [0.25, 0.3) is 5.69 Å². The van der Waals surface area contributed by atoms with Gasteiger partial charge in [-0.2, -0.15) is 0 Å². The Bertz CT molecular complexity index is 1280. The molecule has 2 heterocycles. The van der Waals surface area contributed by atoms with Crippen LogP contribution in [0.5, 0.6) is 0 Å². The maximum absolute atomic E-state index is 10.8. The second-order valence-corrected chi connectivity index (χ2v) is 11.2. The summed E-state index contributed by atoms with van der Waals surface area (Å²) in [5.41, 5.74) is 3.43. The van der Waals surface area contributed by atoms with Crippen LogP contribution in [0.1, 0.15) is 20.9 Å². The van der Waals surface area contributed by atoms with Crippen molar-refractivity contribution in [3.8, 4) is 0 Å². The third-order valence-electron chi connectivity index (χ3n) is 4.80. The summed E-state index contributed by atoms with van der Waals surface area (Å²) in [6, 6.07) is 23.6. The summed E-state index contributed by atoms with van der Waals surface area (Å²) in [5.74, 6) is 0. The van der Waals surface area contributed by atoms with E-state index < -0.39 is 0 Å². The fourth-order valence-electron chi connectivity index (χ4n) is 3.00. The monoisotopic (exact) mass is 490 g/mol. The smallest absolute Gasteiger partial charge is 0.269 e. The summed E-state index contributed by atoms with van der Waals surface area (Å²) in [4.78, 5) is 14.8. The molecule has 4 rings (SSSR count). The maximum Gasteiger partial charge on any atom is 0.269 e. The summed E-state index contributed by atoms with van der Waals surface area (Å²) in [6.45, 7) is 0. The van der Waals surface area contributed by atoms with Gasteiger partial charge >= 0.3 is 0 Å². The molecule has 0 N–H and O–H groups in total. The molecule has 2 aromatic carbocycles. The van der Waals surface area contributed by atoms with E-state index >= 15 is 0 Å². The van der Waals surface area contributed by atoms with Gasteiger partial charge in [-0.1, -0.05) is 36.0 Å². The van der Waals surface area contributed by atoms with Gasteiger partial charge in [-0.05, 0) is 71.8 Å². The highest BCUT2D eigenvalue weighted by atomic mass is 32.2. The molecule has 0 saturated carbocycles. The van der Waals surface area contributed by atoms with Crippen molar-refractivity contribution in [3.05, 3.63) is 104 Å². The van der Waals surface area contributed by atoms with Crippen LogP contribution in [0.25, 0.3) is 24.3 Å². The first-order chi connectivity index (χ1) is 16.0. The van der Waals surface area contributed by atoms with E-state index in [1.54, 1.807) is 46.6 Å². The van der Waals surface area contributed by atoms with Crippen LogP contribution in [-0.2, 0) is 0 Å². The molecular formula is C26H22N2O2S3. The first-order valence-corrected chi connectivity index (χ1v) is 12.7. The van der Waals surface area contributed by atoms with Crippen LogP contribution in [0, 0.1) is 10.1 Å². The number of thiophene rings is 2. The van der Waals surface area contributed by atoms with Gasteiger partial charge < -0.3 is 4.90 Å². The van der Waals surface area contributed by atoms with E-state index in [0.29, 0.717) is 0 Å². The van der Waals surface area contributed by atoms with E-state index in [1.807, 2.05) is 26.2 Å². The SMILES string of the molecule is CN(C)c1ccc(/C=C/c2ccc(Sc3ccc(/C=C/c4ccc([N+](=O)[O-])cc4)s3)s2)cc1. The number of nitro groups is 1. The lowest BCUT2D eigenvalue weighted by molar-refractivity contribution is -0.384. The number of nitrogens with zero attached hydrogens (tertiary/aromatic N) is 2. The largest absolute Gasteiger partial charge is 0.378 e. The predicted octanol–water partition coefficient (Wildman–Crippen LogP) is 8.28. The van der Waals surface area contributed by atoms with Crippen molar-refractivity contribution in [2.75, 3.05) is 19.0 Å². The van der Waals surface area contributed by atoms with Crippen LogP contribution < -0.4 is 4.90 Å². The van der Waals surface area contributed by atoms with Crippen LogP contribution in [-0.4, -0.2) is 19.0 Å².